The number of anilines is 1. The van der Waals surface area contributed by atoms with Gasteiger partial charge in [-0.3, -0.25) is 29.5 Å². The van der Waals surface area contributed by atoms with Crippen LogP contribution in [0.2, 0.25) is 0 Å². The molecular formula is C30H30N4O3. The van der Waals surface area contributed by atoms with Crippen molar-refractivity contribution in [1.82, 2.24) is 15.5 Å². The summed E-state index contributed by atoms with van der Waals surface area (Å²) in [6.07, 6.45) is 3.95. The van der Waals surface area contributed by atoms with E-state index < -0.39 is 11.9 Å². The van der Waals surface area contributed by atoms with Crippen LogP contribution in [0.25, 0.3) is 10.8 Å². The molecule has 7 heteroatoms. The number of hydrogen-bond donors (Lipinski definition) is 2. The first-order chi connectivity index (χ1) is 18.0. The number of imide groups is 1. The van der Waals surface area contributed by atoms with E-state index in [4.69, 9.17) is 0 Å². The van der Waals surface area contributed by atoms with Gasteiger partial charge in [0, 0.05) is 49.1 Å². The lowest BCUT2D eigenvalue weighted by Crippen LogP contribution is -2.53. The van der Waals surface area contributed by atoms with Gasteiger partial charge in [0.1, 0.15) is 6.04 Å². The molecule has 7 nitrogen and oxygen atoms in total. The third kappa shape index (κ3) is 3.76. The molecule has 0 aromatic heterocycles. The van der Waals surface area contributed by atoms with Crippen LogP contribution < -0.4 is 15.5 Å². The number of benzene rings is 3. The molecule has 3 aliphatic heterocycles. The van der Waals surface area contributed by atoms with Crippen molar-refractivity contribution in [3.8, 4) is 0 Å². The van der Waals surface area contributed by atoms with E-state index in [0.717, 1.165) is 54.6 Å². The summed E-state index contributed by atoms with van der Waals surface area (Å²) in [7, 11) is 0. The molecule has 3 aromatic rings. The highest BCUT2D eigenvalue weighted by Crippen LogP contribution is 2.43. The summed E-state index contributed by atoms with van der Waals surface area (Å²) in [5.74, 6) is -0.849. The van der Waals surface area contributed by atoms with E-state index in [-0.39, 0.29) is 18.2 Å². The zero-order valence-electron chi connectivity index (χ0n) is 20.8. The average molecular weight is 495 g/mol. The molecule has 1 spiro atoms. The lowest BCUT2D eigenvalue weighted by atomic mass is 9.95. The normalized spacial score (nSPS) is 22.6. The van der Waals surface area contributed by atoms with Crippen molar-refractivity contribution in [3.05, 3.63) is 76.9 Å². The molecule has 3 amide bonds. The Labute approximate surface area is 215 Å². The molecule has 3 fully saturated rings. The van der Waals surface area contributed by atoms with Crippen molar-refractivity contribution >= 4 is 34.2 Å². The molecule has 4 aliphatic rings. The van der Waals surface area contributed by atoms with Gasteiger partial charge in [-0.2, -0.15) is 0 Å². The number of amides is 3. The first kappa shape index (κ1) is 22.6. The Morgan fingerprint density at radius 1 is 0.946 bits per heavy atom. The Morgan fingerprint density at radius 2 is 1.76 bits per heavy atom. The minimum atomic E-state index is -0.662. The lowest BCUT2D eigenvalue weighted by Gasteiger charge is -2.36. The number of carbonyl (C=O) groups is 3. The fourth-order valence-electron chi connectivity index (χ4n) is 6.43. The van der Waals surface area contributed by atoms with Crippen LogP contribution in [0, 0.1) is 0 Å². The van der Waals surface area contributed by atoms with Crippen LogP contribution in [0.15, 0.2) is 54.6 Å². The van der Waals surface area contributed by atoms with Crippen LogP contribution in [-0.4, -0.2) is 53.8 Å². The van der Waals surface area contributed by atoms with Crippen molar-refractivity contribution in [1.29, 1.82) is 0 Å². The van der Waals surface area contributed by atoms with E-state index in [2.05, 4.69) is 51.9 Å². The maximum Gasteiger partial charge on any atom is 0.259 e. The molecule has 3 aromatic carbocycles. The highest BCUT2D eigenvalue weighted by atomic mass is 16.2. The van der Waals surface area contributed by atoms with Crippen LogP contribution in [0.3, 0.4) is 0 Å². The van der Waals surface area contributed by atoms with E-state index in [1.807, 2.05) is 18.2 Å². The number of rotatable bonds is 5. The second-order valence-corrected chi connectivity index (χ2v) is 10.9. The summed E-state index contributed by atoms with van der Waals surface area (Å²) in [6.45, 7) is 4.28. The van der Waals surface area contributed by atoms with E-state index in [1.54, 1.807) is 4.90 Å². The number of hydrogen-bond acceptors (Lipinski definition) is 5. The van der Waals surface area contributed by atoms with E-state index in [1.165, 1.54) is 24.0 Å². The van der Waals surface area contributed by atoms with Gasteiger partial charge in [-0.25, -0.2) is 0 Å². The van der Waals surface area contributed by atoms with Gasteiger partial charge in [-0.15, -0.1) is 0 Å². The van der Waals surface area contributed by atoms with Gasteiger partial charge in [-0.05, 0) is 59.9 Å². The monoisotopic (exact) mass is 494 g/mol. The van der Waals surface area contributed by atoms with E-state index in [0.29, 0.717) is 17.5 Å². The number of nitrogens with one attached hydrogen (secondary N) is 2. The minimum Gasteiger partial charge on any atom is -0.314 e. The summed E-state index contributed by atoms with van der Waals surface area (Å²) in [6, 6.07) is 18.1. The maximum absolute atomic E-state index is 13.4. The summed E-state index contributed by atoms with van der Waals surface area (Å²) in [4.78, 5) is 41.8. The molecule has 7 rings (SSSR count). The molecule has 0 radical (unpaired) electrons. The van der Waals surface area contributed by atoms with Crippen LogP contribution in [0.5, 0.6) is 0 Å². The number of carbonyl (C=O) groups excluding carboxylic acids is 3. The topological polar surface area (TPSA) is 81.8 Å². The molecule has 1 atom stereocenters. The predicted molar refractivity (Wildman–Crippen MR) is 141 cm³/mol. The molecule has 1 saturated carbocycles. The largest absolute Gasteiger partial charge is 0.314 e. The third-order valence-electron chi connectivity index (χ3n) is 8.64. The van der Waals surface area contributed by atoms with Gasteiger partial charge < -0.3 is 5.32 Å². The van der Waals surface area contributed by atoms with Gasteiger partial charge in [0.15, 0.2) is 0 Å². The predicted octanol–water partition coefficient (Wildman–Crippen LogP) is 3.13. The van der Waals surface area contributed by atoms with Gasteiger partial charge in [0.2, 0.25) is 11.8 Å². The smallest absolute Gasteiger partial charge is 0.259 e. The number of piperidine rings is 1. The highest BCUT2D eigenvalue weighted by molar-refractivity contribution is 6.27. The van der Waals surface area contributed by atoms with Gasteiger partial charge >= 0.3 is 0 Å². The first-order valence-electron chi connectivity index (χ1n) is 13.3. The quantitative estimate of drug-likeness (QED) is 0.533. The average Bonchev–Trinajstić information content (AvgIpc) is 3.62. The van der Waals surface area contributed by atoms with Crippen molar-refractivity contribution in [3.63, 3.8) is 0 Å². The van der Waals surface area contributed by atoms with Crippen LogP contribution in [-0.2, 0) is 22.6 Å². The van der Waals surface area contributed by atoms with Gasteiger partial charge in [0.25, 0.3) is 5.91 Å². The van der Waals surface area contributed by atoms with Crippen LogP contribution in [0.1, 0.15) is 52.7 Å². The minimum absolute atomic E-state index is 0.169. The molecule has 2 N–H and O–H groups in total. The summed E-state index contributed by atoms with van der Waals surface area (Å²) < 4.78 is 0. The zero-order valence-corrected chi connectivity index (χ0v) is 20.8. The Morgan fingerprint density at radius 3 is 2.54 bits per heavy atom. The SMILES string of the molecule is O=C1CCC(N2C(=O)c3cccc4c(Cc5ccc(CN6CCNCC67CC7)cc5)ccc2c34)C(=O)N1. The molecule has 1 aliphatic carbocycles. The summed E-state index contributed by atoms with van der Waals surface area (Å²) in [5, 5.41) is 7.88. The lowest BCUT2D eigenvalue weighted by molar-refractivity contribution is -0.134. The third-order valence-corrected chi connectivity index (χ3v) is 8.64. The van der Waals surface area contributed by atoms with Crippen LogP contribution in [0.4, 0.5) is 5.69 Å². The van der Waals surface area contributed by atoms with Crippen molar-refractivity contribution in [2.75, 3.05) is 24.5 Å². The summed E-state index contributed by atoms with van der Waals surface area (Å²) in [5.41, 5.74) is 5.51. The highest BCUT2D eigenvalue weighted by Gasteiger charge is 2.48. The van der Waals surface area contributed by atoms with Crippen molar-refractivity contribution in [2.24, 2.45) is 0 Å². The van der Waals surface area contributed by atoms with Crippen LogP contribution >= 0.6 is 0 Å². The van der Waals surface area contributed by atoms with E-state index >= 15 is 0 Å². The Hall–Kier alpha value is -3.55. The van der Waals surface area contributed by atoms with Crippen molar-refractivity contribution < 1.29 is 14.4 Å². The standard InChI is InChI=1S/C30H30N4O3/c35-26-11-10-25(28(36)32-26)34-24-9-8-21(22-2-1-3-23(27(22)24)29(34)37)16-19-4-6-20(7-5-19)17-33-15-14-31-18-30(33)12-13-30/h1-9,25,31H,10-18H2,(H,32,35,36). The molecule has 188 valence electrons. The summed E-state index contributed by atoms with van der Waals surface area (Å²) >= 11 is 0. The molecule has 0 bridgehead atoms. The fourth-order valence-corrected chi connectivity index (χ4v) is 6.43. The van der Waals surface area contributed by atoms with E-state index in [9.17, 15) is 14.4 Å². The molecule has 1 unspecified atom stereocenters. The molecule has 2 saturated heterocycles. The number of nitrogens with zero attached hydrogens (tertiary/aromatic N) is 2. The molecule has 3 heterocycles. The second-order valence-electron chi connectivity index (χ2n) is 10.9. The van der Waals surface area contributed by atoms with Gasteiger partial charge in [-0.1, -0.05) is 42.5 Å². The van der Waals surface area contributed by atoms with Gasteiger partial charge in [0.05, 0.1) is 5.69 Å². The molecular weight excluding hydrogens is 464 g/mol. The zero-order chi connectivity index (χ0) is 25.1. The second kappa shape index (κ2) is 8.50. The van der Waals surface area contributed by atoms with Crippen molar-refractivity contribution in [2.45, 2.75) is 50.2 Å². The Balaban J connectivity index is 1.15. The molecule has 37 heavy (non-hydrogen) atoms. The number of piperazine rings is 1. The Kier molecular flexibility index (Phi) is 5.20. The Bertz CT molecular complexity index is 1440. The first-order valence-corrected chi connectivity index (χ1v) is 13.3. The fraction of sp³-hybridized carbons (Fsp3) is 0.367. The maximum atomic E-state index is 13.4.